The Hall–Kier alpha value is -2.70. The number of rotatable bonds is 4. The molecular formula is C18H20N2O5. The number of likely N-dealkylation sites (tertiary alicyclic amines) is 1. The lowest BCUT2D eigenvalue weighted by Gasteiger charge is -2.37. The third-order valence-corrected chi connectivity index (χ3v) is 5.05. The van der Waals surface area contributed by atoms with Crippen molar-refractivity contribution in [2.75, 3.05) is 13.1 Å². The number of benzene rings is 1. The quantitative estimate of drug-likeness (QED) is 0.833. The standard InChI is InChI=1S/C18H20N2O5/c1-11-12(18(24)25)7-4-9-19(11)15(21)8-10-20-16(22)13-5-2-3-6-14(13)17(20)23/h2-3,5-6,11-12H,4,7-10H2,1H3,(H,24,25)/t11-,12-/m1/s1. The molecule has 1 aromatic carbocycles. The third kappa shape index (κ3) is 3.01. The number of carboxylic acid groups (broad SMARTS) is 1. The molecule has 0 bridgehead atoms. The second-order valence-electron chi connectivity index (χ2n) is 6.47. The molecule has 2 aliphatic heterocycles. The number of carbonyl (C=O) groups is 4. The van der Waals surface area contributed by atoms with Gasteiger partial charge in [0.15, 0.2) is 0 Å². The van der Waals surface area contributed by atoms with Gasteiger partial charge in [-0.25, -0.2) is 0 Å². The number of carbonyl (C=O) groups excluding carboxylic acids is 3. The van der Waals surface area contributed by atoms with Crippen molar-refractivity contribution in [3.8, 4) is 0 Å². The highest BCUT2D eigenvalue weighted by molar-refractivity contribution is 6.21. The Labute approximate surface area is 145 Å². The zero-order valence-corrected chi connectivity index (χ0v) is 14.0. The van der Waals surface area contributed by atoms with Crippen LogP contribution in [0.1, 0.15) is 46.9 Å². The summed E-state index contributed by atoms with van der Waals surface area (Å²) in [6.07, 6.45) is 1.20. The molecule has 2 atom stereocenters. The predicted molar refractivity (Wildman–Crippen MR) is 88.0 cm³/mol. The fourth-order valence-corrected chi connectivity index (χ4v) is 3.62. The molecule has 0 saturated carbocycles. The van der Waals surface area contributed by atoms with Gasteiger partial charge in [0, 0.05) is 25.6 Å². The average molecular weight is 344 g/mol. The van der Waals surface area contributed by atoms with Gasteiger partial charge in [0.1, 0.15) is 0 Å². The molecule has 1 aromatic rings. The van der Waals surface area contributed by atoms with Crippen LogP contribution in [0.15, 0.2) is 24.3 Å². The van der Waals surface area contributed by atoms with Crippen molar-refractivity contribution in [3.63, 3.8) is 0 Å². The Morgan fingerprint density at radius 2 is 1.76 bits per heavy atom. The number of nitrogens with zero attached hydrogens (tertiary/aromatic N) is 2. The maximum Gasteiger partial charge on any atom is 0.308 e. The summed E-state index contributed by atoms with van der Waals surface area (Å²) >= 11 is 0. The van der Waals surface area contributed by atoms with Gasteiger partial charge in [0.2, 0.25) is 5.91 Å². The maximum absolute atomic E-state index is 12.5. The van der Waals surface area contributed by atoms with E-state index in [1.807, 2.05) is 0 Å². The highest BCUT2D eigenvalue weighted by atomic mass is 16.4. The summed E-state index contributed by atoms with van der Waals surface area (Å²) in [6, 6.07) is 6.20. The molecule has 132 valence electrons. The monoisotopic (exact) mass is 344 g/mol. The van der Waals surface area contributed by atoms with Crippen LogP contribution >= 0.6 is 0 Å². The summed E-state index contributed by atoms with van der Waals surface area (Å²) in [4.78, 5) is 51.0. The third-order valence-electron chi connectivity index (χ3n) is 5.05. The molecule has 0 radical (unpaired) electrons. The second-order valence-corrected chi connectivity index (χ2v) is 6.47. The van der Waals surface area contributed by atoms with Crippen molar-refractivity contribution >= 4 is 23.7 Å². The van der Waals surface area contributed by atoms with Gasteiger partial charge >= 0.3 is 5.97 Å². The molecule has 7 heteroatoms. The fraction of sp³-hybridized carbons (Fsp3) is 0.444. The van der Waals surface area contributed by atoms with Gasteiger partial charge in [-0.1, -0.05) is 12.1 Å². The van der Waals surface area contributed by atoms with Gasteiger partial charge in [0.25, 0.3) is 11.8 Å². The molecule has 3 rings (SSSR count). The zero-order chi connectivity index (χ0) is 18.1. The molecule has 0 aromatic heterocycles. The van der Waals surface area contributed by atoms with E-state index in [4.69, 9.17) is 0 Å². The van der Waals surface area contributed by atoms with Crippen LogP contribution in [0.4, 0.5) is 0 Å². The van der Waals surface area contributed by atoms with E-state index in [1.165, 1.54) is 0 Å². The Kier molecular flexibility index (Phi) is 4.57. The van der Waals surface area contributed by atoms with Crippen molar-refractivity contribution < 1.29 is 24.3 Å². The van der Waals surface area contributed by atoms with Crippen LogP contribution < -0.4 is 0 Å². The summed E-state index contributed by atoms with van der Waals surface area (Å²) in [5.41, 5.74) is 0.717. The summed E-state index contributed by atoms with van der Waals surface area (Å²) < 4.78 is 0. The number of piperidine rings is 1. The number of imide groups is 1. The van der Waals surface area contributed by atoms with Crippen LogP contribution in [0.25, 0.3) is 0 Å². The SMILES string of the molecule is C[C@@H]1[C@H](C(=O)O)CCCN1C(=O)CCN1C(=O)c2ccccc2C1=O. The fourth-order valence-electron chi connectivity index (χ4n) is 3.62. The highest BCUT2D eigenvalue weighted by Gasteiger charge is 2.37. The number of aliphatic carboxylic acids is 1. The zero-order valence-electron chi connectivity index (χ0n) is 14.0. The lowest BCUT2D eigenvalue weighted by atomic mass is 9.90. The van der Waals surface area contributed by atoms with Crippen LogP contribution in [0.3, 0.4) is 0 Å². The molecule has 2 aliphatic rings. The van der Waals surface area contributed by atoms with Crippen molar-refractivity contribution in [3.05, 3.63) is 35.4 Å². The van der Waals surface area contributed by atoms with Gasteiger partial charge in [-0.3, -0.25) is 24.1 Å². The van der Waals surface area contributed by atoms with E-state index in [2.05, 4.69) is 0 Å². The number of hydrogen-bond acceptors (Lipinski definition) is 4. The van der Waals surface area contributed by atoms with E-state index in [1.54, 1.807) is 36.1 Å². The summed E-state index contributed by atoms with van der Waals surface area (Å²) in [6.45, 7) is 2.25. The number of hydrogen-bond donors (Lipinski definition) is 1. The molecule has 1 fully saturated rings. The molecule has 0 unspecified atom stereocenters. The Morgan fingerprint density at radius 3 is 2.32 bits per heavy atom. The molecule has 0 spiro atoms. The van der Waals surface area contributed by atoms with E-state index in [0.717, 1.165) is 4.90 Å². The normalized spacial score (nSPS) is 22.9. The van der Waals surface area contributed by atoms with Crippen LogP contribution in [-0.4, -0.2) is 57.7 Å². The molecule has 2 heterocycles. The van der Waals surface area contributed by atoms with Crippen LogP contribution in [0.2, 0.25) is 0 Å². The Morgan fingerprint density at radius 1 is 1.16 bits per heavy atom. The molecule has 1 N–H and O–H groups in total. The molecule has 7 nitrogen and oxygen atoms in total. The topological polar surface area (TPSA) is 95.0 Å². The second kappa shape index (κ2) is 6.66. The van der Waals surface area contributed by atoms with Crippen molar-refractivity contribution in [2.24, 2.45) is 5.92 Å². The van der Waals surface area contributed by atoms with Gasteiger partial charge in [-0.15, -0.1) is 0 Å². The lowest BCUT2D eigenvalue weighted by Crippen LogP contribution is -2.49. The molecule has 1 saturated heterocycles. The first kappa shape index (κ1) is 17.1. The summed E-state index contributed by atoms with van der Waals surface area (Å²) in [5, 5.41) is 9.24. The van der Waals surface area contributed by atoms with Gasteiger partial charge in [-0.2, -0.15) is 0 Å². The van der Waals surface area contributed by atoms with E-state index in [-0.39, 0.29) is 36.7 Å². The first-order chi connectivity index (χ1) is 11.9. The Balaban J connectivity index is 1.64. The maximum atomic E-state index is 12.5. The smallest absolute Gasteiger partial charge is 0.308 e. The van der Waals surface area contributed by atoms with Gasteiger partial charge in [-0.05, 0) is 31.9 Å². The van der Waals surface area contributed by atoms with Crippen molar-refractivity contribution in [2.45, 2.75) is 32.2 Å². The minimum Gasteiger partial charge on any atom is -0.481 e. The van der Waals surface area contributed by atoms with E-state index in [0.29, 0.717) is 30.5 Å². The molecule has 3 amide bonds. The lowest BCUT2D eigenvalue weighted by molar-refractivity contribution is -0.149. The minimum absolute atomic E-state index is 0.00213. The molecule has 0 aliphatic carbocycles. The largest absolute Gasteiger partial charge is 0.481 e. The van der Waals surface area contributed by atoms with Crippen LogP contribution in [0.5, 0.6) is 0 Å². The molecule has 25 heavy (non-hydrogen) atoms. The Bertz CT molecular complexity index is 710. The first-order valence-corrected chi connectivity index (χ1v) is 8.39. The summed E-state index contributed by atoms with van der Waals surface area (Å²) in [7, 11) is 0. The highest BCUT2D eigenvalue weighted by Crippen LogP contribution is 2.26. The minimum atomic E-state index is -0.898. The van der Waals surface area contributed by atoms with Crippen LogP contribution in [-0.2, 0) is 9.59 Å². The van der Waals surface area contributed by atoms with Gasteiger partial charge in [0.05, 0.1) is 17.0 Å². The number of amides is 3. The van der Waals surface area contributed by atoms with Gasteiger partial charge < -0.3 is 10.0 Å². The van der Waals surface area contributed by atoms with Crippen molar-refractivity contribution in [1.29, 1.82) is 0 Å². The number of fused-ring (bicyclic) bond motifs is 1. The van der Waals surface area contributed by atoms with Crippen LogP contribution in [0, 0.1) is 5.92 Å². The van der Waals surface area contributed by atoms with E-state index < -0.39 is 11.9 Å². The number of carboxylic acids is 1. The van der Waals surface area contributed by atoms with E-state index in [9.17, 15) is 24.3 Å². The molecular weight excluding hydrogens is 324 g/mol. The average Bonchev–Trinajstić information content (AvgIpc) is 2.84. The first-order valence-electron chi connectivity index (χ1n) is 8.39. The predicted octanol–water partition coefficient (Wildman–Crippen LogP) is 1.38. The van der Waals surface area contributed by atoms with Crippen molar-refractivity contribution in [1.82, 2.24) is 9.80 Å². The van der Waals surface area contributed by atoms with E-state index >= 15 is 0 Å². The summed E-state index contributed by atoms with van der Waals surface area (Å²) in [5.74, 6) is -2.47.